The molecular formula is C10H18N2OS. The van der Waals surface area contributed by atoms with Gasteiger partial charge in [-0.15, -0.1) is 0 Å². The van der Waals surface area contributed by atoms with Crippen molar-refractivity contribution in [2.45, 2.75) is 31.7 Å². The van der Waals surface area contributed by atoms with Gasteiger partial charge in [0.15, 0.2) is 5.11 Å². The molecule has 14 heavy (non-hydrogen) atoms. The predicted octanol–water partition coefficient (Wildman–Crippen LogP) is 1.04. The molecule has 1 aliphatic heterocycles. The Hall–Kier alpha value is -0.350. The number of rotatable bonds is 3. The molecule has 80 valence electrons. The van der Waals surface area contributed by atoms with E-state index in [0.717, 1.165) is 30.8 Å². The molecule has 2 aliphatic rings. The van der Waals surface area contributed by atoms with E-state index in [9.17, 15) is 0 Å². The molecule has 0 aromatic rings. The second-order valence-electron chi connectivity index (χ2n) is 4.18. The van der Waals surface area contributed by atoms with E-state index < -0.39 is 0 Å². The van der Waals surface area contributed by atoms with Crippen molar-refractivity contribution in [3.05, 3.63) is 0 Å². The van der Waals surface area contributed by atoms with E-state index in [4.69, 9.17) is 17.0 Å². The smallest absolute Gasteiger partial charge is 0.166 e. The van der Waals surface area contributed by atoms with Crippen LogP contribution in [0, 0.1) is 5.92 Å². The first-order valence-corrected chi connectivity index (χ1v) is 5.87. The van der Waals surface area contributed by atoms with Gasteiger partial charge in [-0.05, 0) is 43.8 Å². The zero-order valence-electron chi connectivity index (χ0n) is 8.42. The maximum absolute atomic E-state index is 5.30. The Kier molecular flexibility index (Phi) is 3.59. The summed E-state index contributed by atoms with van der Waals surface area (Å²) >= 11 is 5.19. The summed E-state index contributed by atoms with van der Waals surface area (Å²) in [5.74, 6) is 0.739. The quantitative estimate of drug-likeness (QED) is 0.688. The lowest BCUT2D eigenvalue weighted by Gasteiger charge is -2.22. The number of ether oxygens (including phenoxy) is 1. The zero-order valence-corrected chi connectivity index (χ0v) is 9.24. The maximum Gasteiger partial charge on any atom is 0.166 e. The Morgan fingerprint density at radius 3 is 2.57 bits per heavy atom. The van der Waals surface area contributed by atoms with Crippen molar-refractivity contribution < 1.29 is 4.74 Å². The molecule has 2 N–H and O–H groups in total. The molecule has 1 heterocycles. The SMILES string of the molecule is S=C(NCC1CCOCC1)NC1CC1. The van der Waals surface area contributed by atoms with Crippen LogP contribution >= 0.6 is 12.2 Å². The standard InChI is InChI=1S/C10H18N2OS/c14-10(12-9-1-2-9)11-7-8-3-5-13-6-4-8/h8-9H,1-7H2,(H2,11,12,14). The summed E-state index contributed by atoms with van der Waals surface area (Å²) in [6.07, 6.45) is 4.89. The summed E-state index contributed by atoms with van der Waals surface area (Å²) in [6.45, 7) is 2.83. The summed E-state index contributed by atoms with van der Waals surface area (Å²) in [4.78, 5) is 0. The molecular weight excluding hydrogens is 196 g/mol. The maximum atomic E-state index is 5.30. The summed E-state index contributed by atoms with van der Waals surface area (Å²) in [5.41, 5.74) is 0. The van der Waals surface area contributed by atoms with Crippen molar-refractivity contribution in [2.24, 2.45) is 5.92 Å². The molecule has 0 bridgehead atoms. The molecule has 2 fully saturated rings. The Labute approximate surface area is 90.6 Å². The first kappa shape index (κ1) is 10.2. The van der Waals surface area contributed by atoms with Crippen molar-refractivity contribution in [1.29, 1.82) is 0 Å². The molecule has 0 radical (unpaired) electrons. The van der Waals surface area contributed by atoms with Crippen LogP contribution in [0.5, 0.6) is 0 Å². The molecule has 0 aromatic carbocycles. The number of nitrogens with one attached hydrogen (secondary N) is 2. The number of hydrogen-bond acceptors (Lipinski definition) is 2. The van der Waals surface area contributed by atoms with Crippen molar-refractivity contribution in [2.75, 3.05) is 19.8 Å². The third kappa shape index (κ3) is 3.42. The normalized spacial score (nSPS) is 23.1. The van der Waals surface area contributed by atoms with Crippen LogP contribution in [0.25, 0.3) is 0 Å². The van der Waals surface area contributed by atoms with E-state index in [-0.39, 0.29) is 0 Å². The predicted molar refractivity (Wildman–Crippen MR) is 60.3 cm³/mol. The van der Waals surface area contributed by atoms with Gasteiger partial charge in [0.2, 0.25) is 0 Å². The zero-order chi connectivity index (χ0) is 9.80. The lowest BCUT2D eigenvalue weighted by Crippen LogP contribution is -2.40. The van der Waals surface area contributed by atoms with Gasteiger partial charge in [0.25, 0.3) is 0 Å². The van der Waals surface area contributed by atoms with E-state index in [1.807, 2.05) is 0 Å². The summed E-state index contributed by atoms with van der Waals surface area (Å²) in [7, 11) is 0. The number of hydrogen-bond donors (Lipinski definition) is 2. The topological polar surface area (TPSA) is 33.3 Å². The molecule has 0 amide bonds. The van der Waals surface area contributed by atoms with E-state index in [0.29, 0.717) is 6.04 Å². The van der Waals surface area contributed by atoms with Crippen LogP contribution in [0.4, 0.5) is 0 Å². The Morgan fingerprint density at radius 1 is 1.21 bits per heavy atom. The van der Waals surface area contributed by atoms with Gasteiger partial charge in [0, 0.05) is 25.8 Å². The van der Waals surface area contributed by atoms with Gasteiger partial charge in [-0.1, -0.05) is 0 Å². The Balaban J connectivity index is 1.57. The van der Waals surface area contributed by atoms with Crippen LogP contribution in [0.2, 0.25) is 0 Å². The molecule has 1 saturated heterocycles. The number of thiocarbonyl (C=S) groups is 1. The van der Waals surface area contributed by atoms with E-state index in [1.54, 1.807) is 0 Å². The molecule has 0 spiro atoms. The van der Waals surface area contributed by atoms with Crippen LogP contribution < -0.4 is 10.6 Å². The minimum atomic E-state index is 0.657. The van der Waals surface area contributed by atoms with Crippen LogP contribution in [0.15, 0.2) is 0 Å². The van der Waals surface area contributed by atoms with Gasteiger partial charge < -0.3 is 15.4 Å². The third-order valence-electron chi connectivity index (χ3n) is 2.80. The van der Waals surface area contributed by atoms with E-state index in [1.165, 1.54) is 25.7 Å². The molecule has 0 atom stereocenters. The fourth-order valence-corrected chi connectivity index (χ4v) is 1.90. The van der Waals surface area contributed by atoms with Crippen molar-refractivity contribution >= 4 is 17.3 Å². The summed E-state index contributed by atoms with van der Waals surface area (Å²) < 4.78 is 5.30. The highest BCUT2D eigenvalue weighted by molar-refractivity contribution is 7.80. The first-order valence-electron chi connectivity index (χ1n) is 5.46. The largest absolute Gasteiger partial charge is 0.381 e. The third-order valence-corrected chi connectivity index (χ3v) is 3.07. The van der Waals surface area contributed by atoms with Crippen LogP contribution in [-0.4, -0.2) is 30.9 Å². The molecule has 1 aliphatic carbocycles. The second-order valence-corrected chi connectivity index (χ2v) is 4.59. The molecule has 2 rings (SSSR count). The molecule has 1 saturated carbocycles. The highest BCUT2D eigenvalue weighted by Gasteiger charge is 2.22. The van der Waals surface area contributed by atoms with Crippen molar-refractivity contribution in [3.8, 4) is 0 Å². The van der Waals surface area contributed by atoms with E-state index in [2.05, 4.69) is 10.6 Å². The average molecular weight is 214 g/mol. The van der Waals surface area contributed by atoms with Crippen molar-refractivity contribution in [1.82, 2.24) is 10.6 Å². The average Bonchev–Trinajstić information content (AvgIpc) is 3.00. The van der Waals surface area contributed by atoms with Crippen molar-refractivity contribution in [3.63, 3.8) is 0 Å². The Bertz CT molecular complexity index is 200. The fraction of sp³-hybridized carbons (Fsp3) is 0.900. The van der Waals surface area contributed by atoms with Crippen LogP contribution in [0.3, 0.4) is 0 Å². The lowest BCUT2D eigenvalue weighted by molar-refractivity contribution is 0.0676. The fourth-order valence-electron chi connectivity index (χ4n) is 1.65. The van der Waals surface area contributed by atoms with Gasteiger partial charge >= 0.3 is 0 Å². The van der Waals surface area contributed by atoms with E-state index >= 15 is 0 Å². The summed E-state index contributed by atoms with van der Waals surface area (Å²) in [5, 5.41) is 7.40. The lowest BCUT2D eigenvalue weighted by atomic mass is 10.0. The summed E-state index contributed by atoms with van der Waals surface area (Å²) in [6, 6.07) is 0.657. The van der Waals surface area contributed by atoms with Gasteiger partial charge in [-0.2, -0.15) is 0 Å². The highest BCUT2D eigenvalue weighted by Crippen LogP contribution is 2.18. The molecule has 0 aromatic heterocycles. The second kappa shape index (κ2) is 4.94. The monoisotopic (exact) mass is 214 g/mol. The minimum absolute atomic E-state index is 0.657. The molecule has 4 heteroatoms. The van der Waals surface area contributed by atoms with Gasteiger partial charge in [-0.3, -0.25) is 0 Å². The first-order chi connectivity index (χ1) is 6.84. The highest BCUT2D eigenvalue weighted by atomic mass is 32.1. The van der Waals surface area contributed by atoms with Crippen LogP contribution in [0.1, 0.15) is 25.7 Å². The van der Waals surface area contributed by atoms with Gasteiger partial charge in [-0.25, -0.2) is 0 Å². The van der Waals surface area contributed by atoms with Crippen LogP contribution in [-0.2, 0) is 4.74 Å². The Morgan fingerprint density at radius 2 is 1.93 bits per heavy atom. The molecule has 0 unspecified atom stereocenters. The minimum Gasteiger partial charge on any atom is -0.381 e. The van der Waals surface area contributed by atoms with Gasteiger partial charge in [0.1, 0.15) is 0 Å². The molecule has 3 nitrogen and oxygen atoms in total. The van der Waals surface area contributed by atoms with Gasteiger partial charge in [0.05, 0.1) is 0 Å².